The zero-order chi connectivity index (χ0) is 14.7. The van der Waals surface area contributed by atoms with Crippen LogP contribution < -0.4 is 10.1 Å². The Hall–Kier alpha value is -1.03. The fourth-order valence-corrected chi connectivity index (χ4v) is 3.63. The Morgan fingerprint density at radius 1 is 1.30 bits per heavy atom. The molecule has 1 atom stereocenters. The molecule has 0 aliphatic rings. The van der Waals surface area contributed by atoms with Gasteiger partial charge in [0.2, 0.25) is 0 Å². The second kappa shape index (κ2) is 6.61. The molecule has 1 unspecified atom stereocenters. The fourth-order valence-electron chi connectivity index (χ4n) is 2.37. The van der Waals surface area contributed by atoms with Crippen LogP contribution in [0.2, 0.25) is 5.02 Å². The predicted octanol–water partition coefficient (Wildman–Crippen LogP) is 4.73. The Labute approximate surface area is 129 Å². The summed E-state index contributed by atoms with van der Waals surface area (Å²) in [7, 11) is 1.73. The van der Waals surface area contributed by atoms with Crippen molar-refractivity contribution in [3.8, 4) is 5.75 Å². The van der Waals surface area contributed by atoms with Gasteiger partial charge in [0.15, 0.2) is 0 Å². The maximum absolute atomic E-state index is 6.32. The highest BCUT2D eigenvalue weighted by atomic mass is 35.5. The highest BCUT2D eigenvalue weighted by Gasteiger charge is 2.22. The van der Waals surface area contributed by atoms with Gasteiger partial charge >= 0.3 is 0 Å². The molecular weight excluding hydrogens is 290 g/mol. The molecule has 0 fully saturated rings. The van der Waals surface area contributed by atoms with Crippen molar-refractivity contribution in [1.82, 2.24) is 5.32 Å². The Bertz CT molecular complexity index is 594. The van der Waals surface area contributed by atoms with Crippen LogP contribution in [0.3, 0.4) is 0 Å². The zero-order valence-corrected chi connectivity index (χ0v) is 13.9. The Balaban J connectivity index is 2.56. The molecule has 0 aliphatic carbocycles. The summed E-state index contributed by atoms with van der Waals surface area (Å²) in [5.74, 6) is 0.945. The van der Waals surface area contributed by atoms with Crippen molar-refractivity contribution in [1.29, 1.82) is 0 Å². The van der Waals surface area contributed by atoms with Crippen molar-refractivity contribution >= 4 is 22.9 Å². The first kappa shape index (κ1) is 15.4. The minimum atomic E-state index is 0.0711. The Kier molecular flexibility index (Phi) is 5.08. The highest BCUT2D eigenvalue weighted by Crippen LogP contribution is 2.38. The predicted molar refractivity (Wildman–Crippen MR) is 87.3 cm³/mol. The van der Waals surface area contributed by atoms with Crippen LogP contribution in [0.5, 0.6) is 5.75 Å². The largest absolute Gasteiger partial charge is 0.496 e. The molecule has 2 aromatic rings. The number of thiophene rings is 1. The smallest absolute Gasteiger partial charge is 0.127 e. The molecule has 0 radical (unpaired) electrons. The summed E-state index contributed by atoms with van der Waals surface area (Å²) in [4.78, 5) is 1.13. The van der Waals surface area contributed by atoms with Gasteiger partial charge in [-0.1, -0.05) is 30.7 Å². The molecule has 2 nitrogen and oxygen atoms in total. The Morgan fingerprint density at radius 3 is 2.60 bits per heavy atom. The lowest BCUT2D eigenvalue weighted by Crippen LogP contribution is -2.22. The van der Waals surface area contributed by atoms with E-state index in [2.05, 4.69) is 38.2 Å². The lowest BCUT2D eigenvalue weighted by Gasteiger charge is -2.22. The van der Waals surface area contributed by atoms with Crippen molar-refractivity contribution in [3.05, 3.63) is 50.2 Å². The monoisotopic (exact) mass is 309 g/mol. The first-order valence-corrected chi connectivity index (χ1v) is 7.96. The lowest BCUT2D eigenvalue weighted by molar-refractivity contribution is 0.401. The first-order valence-electron chi connectivity index (χ1n) is 6.70. The SMILES string of the molecule is CCNC(c1ccc(C)c(C)c1OC)c1sccc1Cl. The molecule has 0 saturated heterocycles. The maximum atomic E-state index is 6.32. The number of aryl methyl sites for hydroxylation is 1. The fraction of sp³-hybridized carbons (Fsp3) is 0.375. The molecule has 1 aromatic heterocycles. The molecule has 0 saturated carbocycles. The van der Waals surface area contributed by atoms with Gasteiger partial charge in [-0.3, -0.25) is 0 Å². The van der Waals surface area contributed by atoms with E-state index in [1.165, 1.54) is 11.1 Å². The van der Waals surface area contributed by atoms with Crippen molar-refractivity contribution in [2.75, 3.05) is 13.7 Å². The summed E-state index contributed by atoms with van der Waals surface area (Å²) < 4.78 is 5.64. The van der Waals surface area contributed by atoms with Gasteiger partial charge in [0.05, 0.1) is 18.2 Å². The third-order valence-electron chi connectivity index (χ3n) is 3.54. The number of rotatable bonds is 5. The van der Waals surface area contributed by atoms with Crippen LogP contribution in [0.1, 0.15) is 34.5 Å². The number of benzene rings is 1. The summed E-state index contributed by atoms with van der Waals surface area (Å²) >= 11 is 7.99. The maximum Gasteiger partial charge on any atom is 0.127 e. The number of hydrogen-bond donors (Lipinski definition) is 1. The quantitative estimate of drug-likeness (QED) is 0.862. The topological polar surface area (TPSA) is 21.3 Å². The summed E-state index contributed by atoms with van der Waals surface area (Å²) in [5, 5.41) is 6.34. The van der Waals surface area contributed by atoms with E-state index in [0.717, 1.165) is 27.8 Å². The normalized spacial score (nSPS) is 12.4. The van der Waals surface area contributed by atoms with Gasteiger partial charge in [-0.05, 0) is 43.0 Å². The number of methoxy groups -OCH3 is 1. The van der Waals surface area contributed by atoms with Crippen LogP contribution in [0.4, 0.5) is 0 Å². The third-order valence-corrected chi connectivity index (χ3v) is 4.96. The third kappa shape index (κ3) is 2.85. The van der Waals surface area contributed by atoms with Crippen molar-refractivity contribution < 1.29 is 4.74 Å². The van der Waals surface area contributed by atoms with Crippen LogP contribution >= 0.6 is 22.9 Å². The summed E-state index contributed by atoms with van der Waals surface area (Å²) in [6.45, 7) is 7.16. The van der Waals surface area contributed by atoms with Crippen LogP contribution in [-0.4, -0.2) is 13.7 Å². The molecule has 0 amide bonds. The average molecular weight is 310 g/mol. The zero-order valence-electron chi connectivity index (χ0n) is 12.3. The highest BCUT2D eigenvalue weighted by molar-refractivity contribution is 7.10. The molecule has 1 aromatic carbocycles. The number of halogens is 1. The average Bonchev–Trinajstić information content (AvgIpc) is 2.85. The minimum absolute atomic E-state index is 0.0711. The molecule has 4 heteroatoms. The first-order chi connectivity index (χ1) is 9.60. The van der Waals surface area contributed by atoms with Crippen LogP contribution in [0.15, 0.2) is 23.6 Å². The van der Waals surface area contributed by atoms with Crippen molar-refractivity contribution in [2.45, 2.75) is 26.8 Å². The lowest BCUT2D eigenvalue weighted by atomic mass is 9.98. The molecule has 20 heavy (non-hydrogen) atoms. The van der Waals surface area contributed by atoms with Gasteiger partial charge in [0, 0.05) is 10.4 Å². The molecule has 1 N–H and O–H groups in total. The standard InChI is InChI=1S/C16H20ClNOS/c1-5-18-14(16-13(17)8-9-20-16)12-7-6-10(2)11(3)15(12)19-4/h6-9,14,18H,5H2,1-4H3. The van der Waals surface area contributed by atoms with E-state index in [-0.39, 0.29) is 6.04 Å². The van der Waals surface area contributed by atoms with Gasteiger partial charge in [-0.2, -0.15) is 0 Å². The van der Waals surface area contributed by atoms with E-state index in [1.807, 2.05) is 11.4 Å². The summed E-state index contributed by atoms with van der Waals surface area (Å²) in [5.41, 5.74) is 3.56. The van der Waals surface area contributed by atoms with Crippen LogP contribution in [-0.2, 0) is 0 Å². The van der Waals surface area contributed by atoms with E-state index in [4.69, 9.17) is 16.3 Å². The van der Waals surface area contributed by atoms with Gasteiger partial charge in [0.25, 0.3) is 0 Å². The van der Waals surface area contributed by atoms with Crippen molar-refractivity contribution in [3.63, 3.8) is 0 Å². The van der Waals surface area contributed by atoms with Gasteiger partial charge in [-0.25, -0.2) is 0 Å². The van der Waals surface area contributed by atoms with E-state index in [9.17, 15) is 0 Å². The van der Waals surface area contributed by atoms with Gasteiger partial charge < -0.3 is 10.1 Å². The second-order valence-electron chi connectivity index (χ2n) is 4.75. The van der Waals surface area contributed by atoms with E-state index in [0.29, 0.717) is 0 Å². The molecule has 2 rings (SSSR count). The number of hydrogen-bond acceptors (Lipinski definition) is 3. The van der Waals surface area contributed by atoms with Crippen LogP contribution in [0.25, 0.3) is 0 Å². The number of ether oxygens (including phenoxy) is 1. The second-order valence-corrected chi connectivity index (χ2v) is 6.11. The van der Waals surface area contributed by atoms with E-state index < -0.39 is 0 Å². The molecule has 0 aliphatic heterocycles. The summed E-state index contributed by atoms with van der Waals surface area (Å²) in [6, 6.07) is 6.28. The van der Waals surface area contributed by atoms with E-state index >= 15 is 0 Å². The molecule has 0 bridgehead atoms. The summed E-state index contributed by atoms with van der Waals surface area (Å²) in [6.07, 6.45) is 0. The van der Waals surface area contributed by atoms with Crippen LogP contribution in [0, 0.1) is 13.8 Å². The van der Waals surface area contributed by atoms with Gasteiger partial charge in [0.1, 0.15) is 5.75 Å². The molecule has 1 heterocycles. The molecule has 108 valence electrons. The minimum Gasteiger partial charge on any atom is -0.496 e. The van der Waals surface area contributed by atoms with Crippen molar-refractivity contribution in [2.24, 2.45) is 0 Å². The molecule has 0 spiro atoms. The van der Waals surface area contributed by atoms with E-state index in [1.54, 1.807) is 18.4 Å². The van der Waals surface area contributed by atoms with Gasteiger partial charge in [-0.15, -0.1) is 11.3 Å². The Morgan fingerprint density at radius 2 is 2.05 bits per heavy atom. The molecular formula is C16H20ClNOS. The number of nitrogens with one attached hydrogen (secondary N) is 1.